The maximum Gasteiger partial charge on any atom is 0.288 e. The topological polar surface area (TPSA) is 92.5 Å². The molecule has 0 fully saturated rings. The van der Waals surface area contributed by atoms with Gasteiger partial charge in [-0.05, 0) is 42.1 Å². The normalized spacial score (nSPS) is 10.1. The molecule has 2 aromatic rings. The van der Waals surface area contributed by atoms with Crippen LogP contribution in [0.2, 0.25) is 5.02 Å². The lowest BCUT2D eigenvalue weighted by Gasteiger charge is -2.06. The third kappa shape index (κ3) is 4.11. The molecule has 0 saturated carbocycles. The number of phenols is 1. The van der Waals surface area contributed by atoms with E-state index in [-0.39, 0.29) is 16.5 Å². The van der Waals surface area contributed by atoms with E-state index in [1.807, 2.05) is 0 Å². The van der Waals surface area contributed by atoms with E-state index in [1.165, 1.54) is 30.3 Å². The number of nitrogens with one attached hydrogen (secondary N) is 1. The average Bonchev–Trinajstić information content (AvgIpc) is 2.43. The lowest BCUT2D eigenvalue weighted by Crippen LogP contribution is -2.05. The number of benzene rings is 2. The Morgan fingerprint density at radius 2 is 1.90 bits per heavy atom. The molecular weight excluding hydrogens is 316 g/mol. The molecule has 0 saturated heterocycles. The lowest BCUT2D eigenvalue weighted by molar-refractivity contribution is -0.384. The molecule has 0 atom stereocenters. The molecule has 2 N–H and O–H groups in total. The fourth-order valence-electron chi connectivity index (χ4n) is 1.48. The van der Waals surface area contributed by atoms with Crippen molar-refractivity contribution in [3.63, 3.8) is 0 Å². The van der Waals surface area contributed by atoms with E-state index in [1.54, 1.807) is 12.1 Å². The van der Waals surface area contributed by atoms with E-state index >= 15 is 0 Å². The molecule has 0 spiro atoms. The Kier molecular flexibility index (Phi) is 4.66. The summed E-state index contributed by atoms with van der Waals surface area (Å²) in [4.78, 5) is 22.5. The van der Waals surface area contributed by atoms with Gasteiger partial charge in [0, 0.05) is 17.0 Å². The first-order chi connectivity index (χ1) is 9.95. The summed E-state index contributed by atoms with van der Waals surface area (Å²) in [5.74, 6) is 0.109. The maximum absolute atomic E-state index is 11.8. The van der Waals surface area contributed by atoms with Crippen molar-refractivity contribution < 1.29 is 14.8 Å². The number of non-ortho nitro benzene ring substituents is 1. The summed E-state index contributed by atoms with van der Waals surface area (Å²) in [6.45, 7) is 0. The molecule has 0 aliphatic heterocycles. The van der Waals surface area contributed by atoms with E-state index in [0.717, 1.165) is 11.8 Å². The van der Waals surface area contributed by atoms with E-state index in [0.29, 0.717) is 10.6 Å². The minimum atomic E-state index is -0.567. The number of amides is 1. The molecular formula is C13H9ClN2O4S. The number of anilines is 1. The number of phenolic OH excluding ortho intramolecular Hbond substituents is 1. The molecule has 108 valence electrons. The third-order valence-electron chi connectivity index (χ3n) is 2.45. The van der Waals surface area contributed by atoms with E-state index in [4.69, 9.17) is 16.7 Å². The predicted molar refractivity (Wildman–Crippen MR) is 81.1 cm³/mol. The van der Waals surface area contributed by atoms with E-state index in [9.17, 15) is 14.9 Å². The van der Waals surface area contributed by atoms with Gasteiger partial charge >= 0.3 is 0 Å². The number of carbonyl (C=O) groups excluding carboxylic acids is 1. The highest BCUT2D eigenvalue weighted by molar-refractivity contribution is 8.13. The Balaban J connectivity index is 2.06. The van der Waals surface area contributed by atoms with Crippen LogP contribution in [0.3, 0.4) is 0 Å². The van der Waals surface area contributed by atoms with Crippen molar-refractivity contribution in [2.45, 2.75) is 4.90 Å². The highest BCUT2D eigenvalue weighted by atomic mass is 35.5. The molecule has 0 unspecified atom stereocenters. The second-order valence-electron chi connectivity index (χ2n) is 3.93. The van der Waals surface area contributed by atoms with Crippen molar-refractivity contribution in [3.8, 4) is 5.75 Å². The molecule has 0 aromatic heterocycles. The van der Waals surface area contributed by atoms with E-state index in [2.05, 4.69) is 5.32 Å². The largest absolute Gasteiger partial charge is 0.508 e. The van der Waals surface area contributed by atoms with Crippen molar-refractivity contribution in [1.82, 2.24) is 0 Å². The second kappa shape index (κ2) is 6.47. The van der Waals surface area contributed by atoms with Crippen LogP contribution in [-0.4, -0.2) is 15.3 Å². The van der Waals surface area contributed by atoms with Crippen LogP contribution in [0.25, 0.3) is 0 Å². The average molecular weight is 325 g/mol. The van der Waals surface area contributed by atoms with Gasteiger partial charge in [0.25, 0.3) is 10.9 Å². The summed E-state index contributed by atoms with van der Waals surface area (Å²) in [6.07, 6.45) is 0. The minimum absolute atomic E-state index is 0.0869. The van der Waals surface area contributed by atoms with Crippen LogP contribution in [0.1, 0.15) is 0 Å². The van der Waals surface area contributed by atoms with Crippen LogP contribution in [0.15, 0.2) is 47.4 Å². The first kappa shape index (κ1) is 15.1. The van der Waals surface area contributed by atoms with Gasteiger partial charge < -0.3 is 10.4 Å². The van der Waals surface area contributed by atoms with Gasteiger partial charge in [0.2, 0.25) is 0 Å². The minimum Gasteiger partial charge on any atom is -0.508 e. The fraction of sp³-hybridized carbons (Fsp3) is 0. The first-order valence-electron chi connectivity index (χ1n) is 5.67. The number of aromatic hydroxyl groups is 1. The summed E-state index contributed by atoms with van der Waals surface area (Å²) >= 11 is 6.79. The summed E-state index contributed by atoms with van der Waals surface area (Å²) in [7, 11) is 0. The number of hydrogen-bond acceptors (Lipinski definition) is 5. The molecule has 21 heavy (non-hydrogen) atoms. The Hall–Kier alpha value is -2.25. The molecule has 1 amide bonds. The van der Waals surface area contributed by atoms with E-state index < -0.39 is 10.2 Å². The highest BCUT2D eigenvalue weighted by Gasteiger charge is 2.12. The molecule has 0 bridgehead atoms. The van der Waals surface area contributed by atoms with Crippen molar-refractivity contribution >= 4 is 40.0 Å². The standard InChI is InChI=1S/C13H9ClN2O4S/c14-11-7-8(16(19)20)1-6-12(11)15-13(18)21-10-4-2-9(17)3-5-10/h1-7,17H,(H,15,18). The van der Waals surface area contributed by atoms with Gasteiger partial charge in [-0.3, -0.25) is 14.9 Å². The molecule has 2 aromatic carbocycles. The molecule has 6 nitrogen and oxygen atoms in total. The Morgan fingerprint density at radius 1 is 1.24 bits per heavy atom. The zero-order chi connectivity index (χ0) is 15.4. The Bertz CT molecular complexity index is 691. The van der Waals surface area contributed by atoms with Crippen LogP contribution in [0, 0.1) is 10.1 Å². The van der Waals surface area contributed by atoms with Gasteiger partial charge in [0.1, 0.15) is 5.75 Å². The molecule has 2 rings (SSSR count). The summed E-state index contributed by atoms with van der Waals surface area (Å²) in [6, 6.07) is 9.92. The molecule has 0 aliphatic rings. The van der Waals surface area contributed by atoms with Crippen LogP contribution in [0.5, 0.6) is 5.75 Å². The Labute approximate surface area is 128 Å². The maximum atomic E-state index is 11.8. The number of halogens is 1. The fourth-order valence-corrected chi connectivity index (χ4v) is 2.34. The smallest absolute Gasteiger partial charge is 0.288 e. The first-order valence-corrected chi connectivity index (χ1v) is 6.87. The van der Waals surface area contributed by atoms with Crippen molar-refractivity contribution in [2.24, 2.45) is 0 Å². The van der Waals surface area contributed by atoms with Crippen molar-refractivity contribution in [1.29, 1.82) is 0 Å². The van der Waals surface area contributed by atoms with Crippen molar-refractivity contribution in [3.05, 3.63) is 57.6 Å². The second-order valence-corrected chi connectivity index (χ2v) is 5.38. The SMILES string of the molecule is O=C(Nc1ccc([N+](=O)[O-])cc1Cl)Sc1ccc(O)cc1. The number of hydrogen-bond donors (Lipinski definition) is 2. The van der Waals surface area contributed by atoms with Gasteiger partial charge in [-0.25, -0.2) is 0 Å². The number of nitro groups is 1. The zero-order valence-electron chi connectivity index (χ0n) is 10.4. The van der Waals surface area contributed by atoms with Crippen molar-refractivity contribution in [2.75, 3.05) is 5.32 Å². The highest BCUT2D eigenvalue weighted by Crippen LogP contribution is 2.29. The summed E-state index contributed by atoms with van der Waals surface area (Å²) in [5.41, 5.74) is 0.141. The number of thioether (sulfide) groups is 1. The monoisotopic (exact) mass is 324 g/mol. The Morgan fingerprint density at radius 3 is 2.48 bits per heavy atom. The summed E-state index contributed by atoms with van der Waals surface area (Å²) < 4.78 is 0. The quantitative estimate of drug-likeness (QED) is 0.499. The lowest BCUT2D eigenvalue weighted by atomic mass is 10.3. The number of rotatable bonds is 3. The molecule has 0 aliphatic carbocycles. The molecule has 0 radical (unpaired) electrons. The van der Waals surface area contributed by atoms with Crippen LogP contribution in [-0.2, 0) is 0 Å². The van der Waals surface area contributed by atoms with Crippen LogP contribution >= 0.6 is 23.4 Å². The van der Waals surface area contributed by atoms with Gasteiger partial charge in [0.15, 0.2) is 0 Å². The number of carbonyl (C=O) groups is 1. The van der Waals surface area contributed by atoms with Gasteiger partial charge in [0.05, 0.1) is 15.6 Å². The van der Waals surface area contributed by atoms with Gasteiger partial charge in [-0.1, -0.05) is 11.6 Å². The molecule has 0 heterocycles. The molecule has 8 heteroatoms. The van der Waals surface area contributed by atoms with Gasteiger partial charge in [-0.2, -0.15) is 0 Å². The zero-order valence-corrected chi connectivity index (χ0v) is 12.0. The summed E-state index contributed by atoms with van der Waals surface area (Å²) in [5, 5.41) is 22.0. The van der Waals surface area contributed by atoms with Gasteiger partial charge in [-0.15, -0.1) is 0 Å². The van der Waals surface area contributed by atoms with Crippen LogP contribution < -0.4 is 5.32 Å². The third-order valence-corrected chi connectivity index (χ3v) is 3.56. The predicted octanol–water partition coefficient (Wildman–Crippen LogP) is 4.28. The van der Waals surface area contributed by atoms with Crippen LogP contribution in [0.4, 0.5) is 16.2 Å². The number of nitrogens with zero attached hydrogens (tertiary/aromatic N) is 1. The number of nitro benzene ring substituents is 1.